The first-order chi connectivity index (χ1) is 14.4. The Bertz CT molecular complexity index is 937. The molecule has 3 rings (SSSR count). The molecule has 0 unspecified atom stereocenters. The van der Waals surface area contributed by atoms with Crippen LogP contribution in [0.1, 0.15) is 45.5 Å². The average Bonchev–Trinajstić information content (AvgIpc) is 2.78. The second kappa shape index (κ2) is 9.39. The maximum Gasteiger partial charge on any atom is 0.293 e. The summed E-state index contributed by atoms with van der Waals surface area (Å²) in [5.74, 6) is -0.467. The predicted octanol–water partition coefficient (Wildman–Crippen LogP) is 3.22. The molecule has 8 heteroatoms. The van der Waals surface area contributed by atoms with Crippen LogP contribution in [0.2, 0.25) is 0 Å². The Morgan fingerprint density at radius 3 is 2.30 bits per heavy atom. The summed E-state index contributed by atoms with van der Waals surface area (Å²) < 4.78 is 0. The van der Waals surface area contributed by atoms with Crippen molar-refractivity contribution in [2.75, 3.05) is 32.1 Å². The fraction of sp³-hybridized carbons (Fsp3) is 0.364. The monoisotopic (exact) mass is 410 g/mol. The maximum atomic E-state index is 12.9. The van der Waals surface area contributed by atoms with Gasteiger partial charge in [0.25, 0.3) is 17.5 Å². The number of nitro groups is 1. The van der Waals surface area contributed by atoms with Crippen LogP contribution in [0.15, 0.2) is 42.5 Å². The Hall–Kier alpha value is -3.42. The molecule has 1 fully saturated rings. The number of carbonyl (C=O) groups is 2. The van der Waals surface area contributed by atoms with Crippen molar-refractivity contribution in [3.8, 4) is 0 Å². The molecule has 1 aliphatic rings. The molecule has 1 N–H and O–H groups in total. The molecule has 2 aromatic carbocycles. The molecule has 2 aromatic rings. The van der Waals surface area contributed by atoms with Gasteiger partial charge >= 0.3 is 0 Å². The van der Waals surface area contributed by atoms with E-state index < -0.39 is 4.92 Å². The summed E-state index contributed by atoms with van der Waals surface area (Å²) in [5.41, 5.74) is 2.22. The summed E-state index contributed by atoms with van der Waals surface area (Å²) in [6, 6.07) is 11.7. The highest BCUT2D eigenvalue weighted by molar-refractivity contribution is 5.96. The minimum Gasteiger partial charge on any atom is -0.366 e. The zero-order valence-corrected chi connectivity index (χ0v) is 17.3. The fourth-order valence-electron chi connectivity index (χ4n) is 3.68. The third-order valence-electron chi connectivity index (χ3n) is 5.33. The predicted molar refractivity (Wildman–Crippen MR) is 115 cm³/mol. The van der Waals surface area contributed by atoms with Crippen molar-refractivity contribution in [3.05, 3.63) is 69.3 Å². The molecule has 0 radical (unpaired) electrons. The highest BCUT2D eigenvalue weighted by Gasteiger charge is 2.24. The van der Waals surface area contributed by atoms with Crippen molar-refractivity contribution in [1.29, 1.82) is 0 Å². The van der Waals surface area contributed by atoms with Gasteiger partial charge in [0.05, 0.1) is 4.92 Å². The number of rotatable bonds is 6. The number of hydrogen-bond acceptors (Lipinski definition) is 5. The molecule has 0 bridgehead atoms. The van der Waals surface area contributed by atoms with Gasteiger partial charge in [-0.3, -0.25) is 19.7 Å². The number of benzene rings is 2. The standard InChI is InChI=1S/C22H26N4O4/c1-23-21(27)17-8-6-16(7-9-17)15-24(2)22(28)18-10-11-19(20(14-18)26(29)30)25-12-4-3-5-13-25/h6-11,14H,3-5,12-13,15H2,1-2H3,(H,23,27). The second-order valence-corrected chi connectivity index (χ2v) is 7.45. The molecule has 1 saturated heterocycles. The fourth-order valence-corrected chi connectivity index (χ4v) is 3.68. The van der Waals surface area contributed by atoms with E-state index in [4.69, 9.17) is 0 Å². The third kappa shape index (κ3) is 4.76. The lowest BCUT2D eigenvalue weighted by Gasteiger charge is -2.28. The van der Waals surface area contributed by atoms with Crippen LogP contribution in [0, 0.1) is 10.1 Å². The zero-order chi connectivity index (χ0) is 21.7. The largest absolute Gasteiger partial charge is 0.366 e. The first kappa shape index (κ1) is 21.3. The quantitative estimate of drug-likeness (QED) is 0.583. The van der Waals surface area contributed by atoms with Crippen LogP contribution < -0.4 is 10.2 Å². The van der Waals surface area contributed by atoms with Gasteiger partial charge in [0.2, 0.25) is 0 Å². The maximum absolute atomic E-state index is 12.9. The number of carbonyl (C=O) groups excluding carboxylic acids is 2. The molecule has 30 heavy (non-hydrogen) atoms. The zero-order valence-electron chi connectivity index (χ0n) is 17.3. The van der Waals surface area contributed by atoms with E-state index in [9.17, 15) is 19.7 Å². The van der Waals surface area contributed by atoms with Crippen LogP contribution >= 0.6 is 0 Å². The minimum absolute atomic E-state index is 0.0360. The lowest BCUT2D eigenvalue weighted by molar-refractivity contribution is -0.384. The number of hydrogen-bond donors (Lipinski definition) is 1. The van der Waals surface area contributed by atoms with E-state index in [1.165, 1.54) is 11.0 Å². The number of anilines is 1. The SMILES string of the molecule is CNC(=O)c1ccc(CN(C)C(=O)c2ccc(N3CCCCC3)c([N+](=O)[O-])c2)cc1. The van der Waals surface area contributed by atoms with E-state index in [0.717, 1.165) is 37.9 Å². The van der Waals surface area contributed by atoms with Gasteiger partial charge < -0.3 is 15.1 Å². The van der Waals surface area contributed by atoms with Crippen LogP contribution in [-0.2, 0) is 6.54 Å². The lowest BCUT2D eigenvalue weighted by atomic mass is 10.1. The molecule has 0 atom stereocenters. The summed E-state index contributed by atoms with van der Waals surface area (Å²) in [7, 11) is 3.22. The van der Waals surface area contributed by atoms with Crippen molar-refractivity contribution in [1.82, 2.24) is 10.2 Å². The average molecular weight is 410 g/mol. The summed E-state index contributed by atoms with van der Waals surface area (Å²) in [4.78, 5) is 39.2. The molecule has 1 aliphatic heterocycles. The van der Waals surface area contributed by atoms with E-state index in [1.807, 2.05) is 4.90 Å². The normalized spacial score (nSPS) is 13.6. The van der Waals surface area contributed by atoms with Gasteiger partial charge in [-0.25, -0.2) is 0 Å². The van der Waals surface area contributed by atoms with Gasteiger partial charge in [-0.05, 0) is 49.1 Å². The third-order valence-corrected chi connectivity index (χ3v) is 5.33. The molecule has 8 nitrogen and oxygen atoms in total. The van der Waals surface area contributed by atoms with E-state index in [2.05, 4.69) is 5.32 Å². The summed E-state index contributed by atoms with van der Waals surface area (Å²) in [6.45, 7) is 1.91. The molecule has 158 valence electrons. The number of nitrogens with zero attached hydrogens (tertiary/aromatic N) is 3. The lowest BCUT2D eigenvalue weighted by Crippen LogP contribution is -2.30. The minimum atomic E-state index is -0.418. The molecule has 0 saturated carbocycles. The highest BCUT2D eigenvalue weighted by Crippen LogP contribution is 2.31. The first-order valence-corrected chi connectivity index (χ1v) is 10.0. The van der Waals surface area contributed by atoms with E-state index in [0.29, 0.717) is 17.8 Å². The molecular formula is C22H26N4O4. The van der Waals surface area contributed by atoms with E-state index in [-0.39, 0.29) is 23.1 Å². The molecule has 2 amide bonds. The molecule has 0 aliphatic carbocycles. The number of piperidine rings is 1. The van der Waals surface area contributed by atoms with Crippen LogP contribution in [0.5, 0.6) is 0 Å². The van der Waals surface area contributed by atoms with Crippen molar-refractivity contribution in [2.24, 2.45) is 0 Å². The number of amides is 2. The smallest absolute Gasteiger partial charge is 0.293 e. The van der Waals surface area contributed by atoms with E-state index in [1.54, 1.807) is 50.5 Å². The van der Waals surface area contributed by atoms with Crippen molar-refractivity contribution < 1.29 is 14.5 Å². The second-order valence-electron chi connectivity index (χ2n) is 7.45. The Morgan fingerprint density at radius 2 is 1.70 bits per heavy atom. The molecular weight excluding hydrogens is 384 g/mol. The van der Waals surface area contributed by atoms with Gasteiger partial charge in [-0.2, -0.15) is 0 Å². The highest BCUT2D eigenvalue weighted by atomic mass is 16.6. The van der Waals surface area contributed by atoms with Gasteiger partial charge in [0.15, 0.2) is 0 Å². The first-order valence-electron chi connectivity index (χ1n) is 10.0. The van der Waals surface area contributed by atoms with Crippen LogP contribution in [0.3, 0.4) is 0 Å². The van der Waals surface area contributed by atoms with Gasteiger partial charge in [0.1, 0.15) is 5.69 Å². The molecule has 1 heterocycles. The molecule has 0 aromatic heterocycles. The summed E-state index contributed by atoms with van der Waals surface area (Å²) >= 11 is 0. The Kier molecular flexibility index (Phi) is 6.66. The Labute approximate surface area is 175 Å². The number of nitrogens with one attached hydrogen (secondary N) is 1. The Balaban J connectivity index is 1.75. The summed E-state index contributed by atoms with van der Waals surface area (Å²) in [5, 5.41) is 14.2. The van der Waals surface area contributed by atoms with Gasteiger partial charge in [-0.1, -0.05) is 12.1 Å². The van der Waals surface area contributed by atoms with Crippen LogP contribution in [0.4, 0.5) is 11.4 Å². The Morgan fingerprint density at radius 1 is 1.07 bits per heavy atom. The number of nitro benzene ring substituents is 1. The molecule has 0 spiro atoms. The topological polar surface area (TPSA) is 95.8 Å². The summed E-state index contributed by atoms with van der Waals surface area (Å²) in [6.07, 6.45) is 3.16. The van der Waals surface area contributed by atoms with Crippen molar-refractivity contribution >= 4 is 23.2 Å². The van der Waals surface area contributed by atoms with Crippen molar-refractivity contribution in [3.63, 3.8) is 0 Å². The van der Waals surface area contributed by atoms with Crippen LogP contribution in [0.25, 0.3) is 0 Å². The van der Waals surface area contributed by atoms with E-state index >= 15 is 0 Å². The van der Waals surface area contributed by atoms with Gasteiger partial charge in [-0.15, -0.1) is 0 Å². The van der Waals surface area contributed by atoms with Crippen LogP contribution in [-0.4, -0.2) is 48.8 Å². The van der Waals surface area contributed by atoms with Crippen molar-refractivity contribution in [2.45, 2.75) is 25.8 Å². The van der Waals surface area contributed by atoms with Gasteiger partial charge in [0, 0.05) is 50.9 Å².